The van der Waals surface area contributed by atoms with Crippen molar-refractivity contribution in [3.8, 4) is 0 Å². The van der Waals surface area contributed by atoms with Crippen LogP contribution in [-0.2, 0) is 4.79 Å². The summed E-state index contributed by atoms with van der Waals surface area (Å²) in [6, 6.07) is 20.9. The number of aromatic nitrogens is 2. The molecule has 3 N–H and O–H groups in total. The maximum Gasteiger partial charge on any atom is 0.251 e. The Labute approximate surface area is 168 Å². The van der Waals surface area contributed by atoms with E-state index in [9.17, 15) is 9.59 Å². The third-order valence-corrected chi connectivity index (χ3v) is 4.84. The molecule has 1 heterocycles. The fourth-order valence-electron chi connectivity index (χ4n) is 3.28. The molecule has 29 heavy (non-hydrogen) atoms. The molecule has 4 rings (SSSR count). The van der Waals surface area contributed by atoms with Crippen molar-refractivity contribution >= 4 is 33.6 Å². The van der Waals surface area contributed by atoms with Crippen LogP contribution in [0, 0.1) is 0 Å². The predicted octanol–water partition coefficient (Wildman–Crippen LogP) is 3.71. The molecule has 1 aromatic heterocycles. The summed E-state index contributed by atoms with van der Waals surface area (Å²) in [6.07, 6.45) is 0.198. The third kappa shape index (κ3) is 4.27. The van der Waals surface area contributed by atoms with Gasteiger partial charge in [0.05, 0.1) is 17.1 Å². The highest BCUT2D eigenvalue weighted by Crippen LogP contribution is 2.16. The van der Waals surface area contributed by atoms with Crippen LogP contribution in [0.4, 0.5) is 0 Å². The standard InChI is InChI=1S/C23H22N4O2/c1-15(22-26-19-8-4-5-9-20(19)27-22)25-21(28)12-13-24-23(29)18-11-10-16-6-2-3-7-17(16)14-18/h2-11,14-15H,12-13H2,1H3,(H,24,29)(H,25,28)(H,26,27). The molecule has 0 aliphatic rings. The Balaban J connectivity index is 1.29. The van der Waals surface area contributed by atoms with E-state index in [4.69, 9.17) is 0 Å². The van der Waals surface area contributed by atoms with Gasteiger partial charge in [-0.3, -0.25) is 9.59 Å². The number of imidazole rings is 1. The number of hydrogen-bond donors (Lipinski definition) is 3. The van der Waals surface area contributed by atoms with Gasteiger partial charge in [-0.25, -0.2) is 4.98 Å². The minimum absolute atomic E-state index is 0.142. The molecule has 0 aliphatic heterocycles. The first kappa shape index (κ1) is 18.7. The molecule has 0 bridgehead atoms. The Bertz CT molecular complexity index is 1150. The number of aromatic amines is 1. The van der Waals surface area contributed by atoms with Crippen molar-refractivity contribution in [2.24, 2.45) is 0 Å². The molecule has 1 unspecified atom stereocenters. The topological polar surface area (TPSA) is 86.9 Å². The number of fused-ring (bicyclic) bond motifs is 2. The van der Waals surface area contributed by atoms with Crippen molar-refractivity contribution in [2.75, 3.05) is 6.54 Å². The van der Waals surface area contributed by atoms with E-state index in [2.05, 4.69) is 20.6 Å². The number of carbonyl (C=O) groups is 2. The number of carbonyl (C=O) groups excluding carboxylic acids is 2. The molecular formula is C23H22N4O2. The molecule has 146 valence electrons. The number of amides is 2. The minimum atomic E-state index is -0.244. The zero-order valence-electron chi connectivity index (χ0n) is 16.1. The fourth-order valence-corrected chi connectivity index (χ4v) is 3.28. The summed E-state index contributed by atoms with van der Waals surface area (Å²) in [5.74, 6) is 0.380. The van der Waals surface area contributed by atoms with Gasteiger partial charge in [0.15, 0.2) is 0 Å². The Morgan fingerprint density at radius 2 is 1.76 bits per heavy atom. The Kier molecular flexibility index (Phi) is 5.24. The molecule has 0 saturated heterocycles. The molecule has 4 aromatic rings. The van der Waals surface area contributed by atoms with Gasteiger partial charge >= 0.3 is 0 Å². The van der Waals surface area contributed by atoms with E-state index < -0.39 is 0 Å². The number of rotatable bonds is 6. The lowest BCUT2D eigenvalue weighted by atomic mass is 10.1. The SMILES string of the molecule is CC(NC(=O)CCNC(=O)c1ccc2ccccc2c1)c1nc2ccccc2[nH]1. The Morgan fingerprint density at radius 3 is 2.59 bits per heavy atom. The van der Waals surface area contributed by atoms with Crippen molar-refractivity contribution in [2.45, 2.75) is 19.4 Å². The number of para-hydroxylation sites is 2. The van der Waals surface area contributed by atoms with E-state index in [1.807, 2.05) is 67.6 Å². The lowest BCUT2D eigenvalue weighted by molar-refractivity contribution is -0.121. The van der Waals surface area contributed by atoms with Gasteiger partial charge < -0.3 is 15.6 Å². The minimum Gasteiger partial charge on any atom is -0.352 e. The highest BCUT2D eigenvalue weighted by Gasteiger charge is 2.14. The maximum absolute atomic E-state index is 12.4. The van der Waals surface area contributed by atoms with Crippen LogP contribution >= 0.6 is 0 Å². The molecular weight excluding hydrogens is 364 g/mol. The van der Waals surface area contributed by atoms with Gasteiger partial charge in [-0.1, -0.05) is 42.5 Å². The number of hydrogen-bond acceptors (Lipinski definition) is 3. The molecule has 2 amide bonds. The van der Waals surface area contributed by atoms with Crippen LogP contribution in [0.15, 0.2) is 66.7 Å². The first-order chi connectivity index (χ1) is 14.1. The lowest BCUT2D eigenvalue weighted by Crippen LogP contribution is -2.32. The largest absolute Gasteiger partial charge is 0.352 e. The van der Waals surface area contributed by atoms with Crippen LogP contribution in [0.5, 0.6) is 0 Å². The van der Waals surface area contributed by atoms with Crippen molar-refractivity contribution in [1.82, 2.24) is 20.6 Å². The molecule has 0 aliphatic carbocycles. The van der Waals surface area contributed by atoms with Gasteiger partial charge in [0.25, 0.3) is 5.91 Å². The van der Waals surface area contributed by atoms with Crippen LogP contribution in [0.2, 0.25) is 0 Å². The van der Waals surface area contributed by atoms with Crippen LogP contribution in [0.3, 0.4) is 0 Å². The van der Waals surface area contributed by atoms with E-state index in [0.29, 0.717) is 11.4 Å². The normalized spacial score (nSPS) is 12.0. The molecule has 0 spiro atoms. The van der Waals surface area contributed by atoms with Crippen molar-refractivity contribution < 1.29 is 9.59 Å². The van der Waals surface area contributed by atoms with Crippen molar-refractivity contribution in [3.63, 3.8) is 0 Å². The fraction of sp³-hybridized carbons (Fsp3) is 0.174. The molecule has 0 radical (unpaired) electrons. The zero-order valence-corrected chi connectivity index (χ0v) is 16.1. The summed E-state index contributed by atoms with van der Waals surface area (Å²) in [5.41, 5.74) is 2.39. The van der Waals surface area contributed by atoms with Gasteiger partial charge in [0.2, 0.25) is 5.91 Å². The monoisotopic (exact) mass is 386 g/mol. The molecule has 6 heteroatoms. The predicted molar refractivity (Wildman–Crippen MR) is 114 cm³/mol. The number of nitrogens with one attached hydrogen (secondary N) is 3. The summed E-state index contributed by atoms with van der Waals surface area (Å²) >= 11 is 0. The average molecular weight is 386 g/mol. The summed E-state index contributed by atoms with van der Waals surface area (Å²) in [6.45, 7) is 2.15. The summed E-state index contributed by atoms with van der Waals surface area (Å²) in [4.78, 5) is 32.3. The summed E-state index contributed by atoms with van der Waals surface area (Å²) in [5, 5.41) is 7.81. The number of H-pyrrole nitrogens is 1. The first-order valence-electron chi connectivity index (χ1n) is 9.61. The molecule has 0 fully saturated rings. The Morgan fingerprint density at radius 1 is 1.00 bits per heavy atom. The second-order valence-electron chi connectivity index (χ2n) is 7.00. The molecule has 1 atom stereocenters. The van der Waals surface area contributed by atoms with E-state index >= 15 is 0 Å². The smallest absolute Gasteiger partial charge is 0.251 e. The summed E-state index contributed by atoms with van der Waals surface area (Å²) < 4.78 is 0. The average Bonchev–Trinajstić information content (AvgIpc) is 3.18. The number of benzene rings is 3. The van der Waals surface area contributed by atoms with Crippen LogP contribution in [0.25, 0.3) is 21.8 Å². The maximum atomic E-state index is 12.4. The second kappa shape index (κ2) is 8.14. The van der Waals surface area contributed by atoms with E-state index in [-0.39, 0.29) is 30.8 Å². The van der Waals surface area contributed by atoms with Gasteiger partial charge in [-0.15, -0.1) is 0 Å². The van der Waals surface area contributed by atoms with Crippen molar-refractivity contribution in [3.05, 3.63) is 78.1 Å². The van der Waals surface area contributed by atoms with E-state index in [1.165, 1.54) is 0 Å². The summed E-state index contributed by atoms with van der Waals surface area (Å²) in [7, 11) is 0. The third-order valence-electron chi connectivity index (χ3n) is 4.84. The van der Waals surface area contributed by atoms with Crippen LogP contribution < -0.4 is 10.6 Å². The highest BCUT2D eigenvalue weighted by molar-refractivity contribution is 5.98. The van der Waals surface area contributed by atoms with Crippen LogP contribution in [-0.4, -0.2) is 28.3 Å². The number of nitrogens with zero attached hydrogens (tertiary/aromatic N) is 1. The van der Waals surface area contributed by atoms with E-state index in [1.54, 1.807) is 6.07 Å². The Hall–Kier alpha value is -3.67. The second-order valence-corrected chi connectivity index (χ2v) is 7.00. The van der Waals surface area contributed by atoms with Gasteiger partial charge in [-0.2, -0.15) is 0 Å². The van der Waals surface area contributed by atoms with Gasteiger partial charge in [0.1, 0.15) is 5.82 Å². The van der Waals surface area contributed by atoms with Crippen molar-refractivity contribution in [1.29, 1.82) is 0 Å². The van der Waals surface area contributed by atoms with Gasteiger partial charge in [0, 0.05) is 18.5 Å². The quantitative estimate of drug-likeness (QED) is 0.472. The molecule has 6 nitrogen and oxygen atoms in total. The lowest BCUT2D eigenvalue weighted by Gasteiger charge is -2.12. The highest BCUT2D eigenvalue weighted by atomic mass is 16.2. The van der Waals surface area contributed by atoms with Crippen LogP contribution in [0.1, 0.15) is 35.6 Å². The zero-order chi connectivity index (χ0) is 20.2. The van der Waals surface area contributed by atoms with E-state index in [0.717, 1.165) is 21.8 Å². The first-order valence-corrected chi connectivity index (χ1v) is 9.61. The molecule has 3 aromatic carbocycles. The molecule has 0 saturated carbocycles. The van der Waals surface area contributed by atoms with Gasteiger partial charge in [-0.05, 0) is 42.0 Å².